The Morgan fingerprint density at radius 1 is 1.18 bits per heavy atom. The first-order valence-electron chi connectivity index (χ1n) is 8.33. The second-order valence-corrected chi connectivity index (χ2v) is 9.93. The Balaban J connectivity index is 1.67. The predicted octanol–water partition coefficient (Wildman–Crippen LogP) is 3.97. The average Bonchev–Trinajstić information content (AvgIpc) is 3.11. The summed E-state index contributed by atoms with van der Waals surface area (Å²) in [6.07, 6.45) is 2.48. The molecule has 2 aromatic carbocycles. The maximum atomic E-state index is 12.4. The van der Waals surface area contributed by atoms with Crippen molar-refractivity contribution in [2.75, 3.05) is 12.4 Å². The largest absolute Gasteiger partial charge is 0.298 e. The number of aromatic nitrogens is 1. The molecule has 1 aromatic heterocycles. The Hall–Kier alpha value is -2.07. The van der Waals surface area contributed by atoms with E-state index in [1.807, 2.05) is 13.0 Å². The highest BCUT2D eigenvalue weighted by Crippen LogP contribution is 2.24. The molecule has 0 atom stereocenters. The van der Waals surface area contributed by atoms with Gasteiger partial charge in [0.15, 0.2) is 5.13 Å². The molecule has 1 heterocycles. The Labute approximate surface area is 176 Å². The zero-order valence-corrected chi connectivity index (χ0v) is 18.4. The molecule has 3 rings (SSSR count). The number of aryl methyl sites for hydroxylation is 1. The summed E-state index contributed by atoms with van der Waals surface area (Å²) < 4.78 is 26.8. The first-order valence-corrected chi connectivity index (χ1v) is 11.4. The number of halogens is 1. The maximum Gasteiger partial charge on any atom is 0.257 e. The standard InChI is InChI=1S/C19H18BrN3O3S2/c1-12-9-13(3-8-17(12)20)10-15-11-22-19(27-15)23-18(24)14-4-6-16(7-5-14)28(25,26)21-2/h3-9,11,21H,10H2,1-2H3,(H,22,23,24). The van der Waals surface area contributed by atoms with Crippen LogP contribution in [0.1, 0.15) is 26.4 Å². The minimum atomic E-state index is -3.53. The number of carbonyl (C=O) groups is 1. The van der Waals surface area contributed by atoms with Crippen molar-refractivity contribution in [3.05, 3.63) is 74.7 Å². The highest BCUT2D eigenvalue weighted by atomic mass is 79.9. The maximum absolute atomic E-state index is 12.4. The van der Waals surface area contributed by atoms with Crippen LogP contribution in [-0.2, 0) is 16.4 Å². The molecule has 0 radical (unpaired) electrons. The first-order chi connectivity index (χ1) is 13.3. The predicted molar refractivity (Wildman–Crippen MR) is 114 cm³/mol. The molecule has 6 nitrogen and oxygen atoms in total. The number of nitrogens with one attached hydrogen (secondary N) is 2. The summed E-state index contributed by atoms with van der Waals surface area (Å²) in [4.78, 5) is 17.8. The summed E-state index contributed by atoms with van der Waals surface area (Å²) in [7, 11) is -2.19. The topological polar surface area (TPSA) is 88.2 Å². The molecule has 0 saturated carbocycles. The summed E-state index contributed by atoms with van der Waals surface area (Å²) >= 11 is 4.90. The molecular weight excluding hydrogens is 462 g/mol. The molecule has 0 bridgehead atoms. The van der Waals surface area contributed by atoms with Crippen LogP contribution >= 0.6 is 27.3 Å². The van der Waals surface area contributed by atoms with Gasteiger partial charge in [0.1, 0.15) is 0 Å². The minimum absolute atomic E-state index is 0.105. The van der Waals surface area contributed by atoms with E-state index in [-0.39, 0.29) is 10.8 Å². The first kappa shape index (κ1) is 20.7. The summed E-state index contributed by atoms with van der Waals surface area (Å²) in [6, 6.07) is 11.9. The Kier molecular flexibility index (Phi) is 6.29. The number of rotatable bonds is 6. The molecule has 28 heavy (non-hydrogen) atoms. The lowest BCUT2D eigenvalue weighted by molar-refractivity contribution is 0.102. The monoisotopic (exact) mass is 479 g/mol. The van der Waals surface area contributed by atoms with Crippen LogP contribution in [0.5, 0.6) is 0 Å². The third-order valence-corrected chi connectivity index (χ3v) is 7.30. The lowest BCUT2D eigenvalue weighted by atomic mass is 10.1. The van der Waals surface area contributed by atoms with Crippen LogP contribution < -0.4 is 10.0 Å². The zero-order chi connectivity index (χ0) is 20.3. The summed E-state index contributed by atoms with van der Waals surface area (Å²) in [6.45, 7) is 2.04. The van der Waals surface area contributed by atoms with E-state index >= 15 is 0 Å². The lowest BCUT2D eigenvalue weighted by Crippen LogP contribution is -2.19. The van der Waals surface area contributed by atoms with E-state index in [1.165, 1.54) is 53.8 Å². The Bertz CT molecular complexity index is 1110. The fourth-order valence-corrected chi connectivity index (χ4v) is 4.36. The van der Waals surface area contributed by atoms with Crippen molar-refractivity contribution in [1.29, 1.82) is 0 Å². The van der Waals surface area contributed by atoms with Gasteiger partial charge in [-0.05, 0) is 55.4 Å². The average molecular weight is 480 g/mol. The van der Waals surface area contributed by atoms with E-state index in [2.05, 4.69) is 43.1 Å². The molecule has 0 aliphatic rings. The van der Waals surface area contributed by atoms with Gasteiger partial charge in [-0.25, -0.2) is 18.1 Å². The van der Waals surface area contributed by atoms with Gasteiger partial charge in [0.05, 0.1) is 4.90 Å². The van der Waals surface area contributed by atoms with Crippen LogP contribution in [0.3, 0.4) is 0 Å². The van der Waals surface area contributed by atoms with Crippen LogP contribution in [-0.4, -0.2) is 26.4 Å². The van der Waals surface area contributed by atoms with Crippen LogP contribution in [0.15, 0.2) is 58.0 Å². The van der Waals surface area contributed by atoms with Crippen molar-refractivity contribution in [2.45, 2.75) is 18.2 Å². The number of hydrogen-bond acceptors (Lipinski definition) is 5. The van der Waals surface area contributed by atoms with Crippen LogP contribution in [0, 0.1) is 6.92 Å². The van der Waals surface area contributed by atoms with Crippen molar-refractivity contribution in [3.8, 4) is 0 Å². The van der Waals surface area contributed by atoms with Gasteiger partial charge in [-0.3, -0.25) is 10.1 Å². The normalized spacial score (nSPS) is 11.4. The number of nitrogens with zero attached hydrogens (tertiary/aromatic N) is 1. The van der Waals surface area contributed by atoms with Crippen molar-refractivity contribution in [3.63, 3.8) is 0 Å². The molecule has 1 amide bonds. The molecule has 0 aliphatic carbocycles. The van der Waals surface area contributed by atoms with Crippen molar-refractivity contribution < 1.29 is 13.2 Å². The zero-order valence-electron chi connectivity index (χ0n) is 15.2. The van der Waals surface area contributed by atoms with E-state index in [0.717, 1.165) is 15.8 Å². The van der Waals surface area contributed by atoms with E-state index in [4.69, 9.17) is 0 Å². The molecule has 0 saturated heterocycles. The summed E-state index contributed by atoms with van der Waals surface area (Å²) in [5.41, 5.74) is 2.69. The molecule has 146 valence electrons. The van der Waals surface area contributed by atoms with E-state index in [0.29, 0.717) is 10.7 Å². The Morgan fingerprint density at radius 3 is 2.54 bits per heavy atom. The number of carbonyl (C=O) groups excluding carboxylic acids is 1. The SMILES string of the molecule is CNS(=O)(=O)c1ccc(C(=O)Nc2ncc(Cc3ccc(Br)c(C)c3)s2)cc1. The molecule has 3 aromatic rings. The third-order valence-electron chi connectivity index (χ3n) is 4.07. The number of thiazole rings is 1. The van der Waals surface area contributed by atoms with Crippen molar-refractivity contribution in [2.24, 2.45) is 0 Å². The fraction of sp³-hybridized carbons (Fsp3) is 0.158. The van der Waals surface area contributed by atoms with Gasteiger partial charge in [0.2, 0.25) is 10.0 Å². The molecular formula is C19H18BrN3O3S2. The number of sulfonamides is 1. The van der Waals surface area contributed by atoms with Crippen molar-refractivity contribution >= 4 is 48.3 Å². The number of amides is 1. The van der Waals surface area contributed by atoms with Gasteiger partial charge in [-0.1, -0.05) is 28.1 Å². The third kappa shape index (κ3) is 4.85. The van der Waals surface area contributed by atoms with Gasteiger partial charge < -0.3 is 0 Å². The smallest absolute Gasteiger partial charge is 0.257 e. The molecule has 2 N–H and O–H groups in total. The van der Waals surface area contributed by atoms with Gasteiger partial charge in [0.25, 0.3) is 5.91 Å². The summed E-state index contributed by atoms with van der Waals surface area (Å²) in [5, 5.41) is 3.25. The quantitative estimate of drug-likeness (QED) is 0.559. The molecule has 0 aliphatic heterocycles. The van der Waals surface area contributed by atoms with Crippen LogP contribution in [0.4, 0.5) is 5.13 Å². The fourth-order valence-electron chi connectivity index (χ4n) is 2.54. The minimum Gasteiger partial charge on any atom is -0.298 e. The molecule has 0 fully saturated rings. The van der Waals surface area contributed by atoms with Gasteiger partial charge in [-0.2, -0.15) is 0 Å². The number of anilines is 1. The second kappa shape index (κ2) is 8.52. The van der Waals surface area contributed by atoms with Gasteiger partial charge in [0, 0.05) is 27.5 Å². The van der Waals surface area contributed by atoms with E-state index in [1.54, 1.807) is 6.20 Å². The highest BCUT2D eigenvalue weighted by Gasteiger charge is 2.14. The molecule has 0 unspecified atom stereocenters. The Morgan fingerprint density at radius 2 is 1.89 bits per heavy atom. The molecule has 9 heteroatoms. The van der Waals surface area contributed by atoms with Crippen LogP contribution in [0.2, 0.25) is 0 Å². The molecule has 0 spiro atoms. The second-order valence-electron chi connectivity index (χ2n) is 6.08. The van der Waals surface area contributed by atoms with Gasteiger partial charge >= 0.3 is 0 Å². The van der Waals surface area contributed by atoms with Crippen molar-refractivity contribution in [1.82, 2.24) is 9.71 Å². The van der Waals surface area contributed by atoms with Crippen LogP contribution in [0.25, 0.3) is 0 Å². The highest BCUT2D eigenvalue weighted by molar-refractivity contribution is 9.10. The lowest BCUT2D eigenvalue weighted by Gasteiger charge is -2.05. The number of benzene rings is 2. The summed E-state index contributed by atoms with van der Waals surface area (Å²) in [5.74, 6) is -0.339. The van der Waals surface area contributed by atoms with Gasteiger partial charge in [-0.15, -0.1) is 11.3 Å². The number of hydrogen-bond donors (Lipinski definition) is 2. The van der Waals surface area contributed by atoms with E-state index < -0.39 is 10.0 Å². The van der Waals surface area contributed by atoms with E-state index in [9.17, 15) is 13.2 Å².